The van der Waals surface area contributed by atoms with E-state index in [-0.39, 0.29) is 0 Å². The summed E-state index contributed by atoms with van der Waals surface area (Å²) in [6, 6.07) is 0. The predicted octanol–water partition coefficient (Wildman–Crippen LogP) is 3.79. The molecular formula is C14H28O2. The topological polar surface area (TPSA) is 18.5 Å². The third-order valence-corrected chi connectivity index (χ3v) is 3.78. The van der Waals surface area contributed by atoms with Crippen LogP contribution in [0.4, 0.5) is 0 Å². The fraction of sp³-hybridized carbons (Fsp3) is 1.00. The molecule has 1 heterocycles. The van der Waals surface area contributed by atoms with E-state index in [4.69, 9.17) is 9.47 Å². The highest BCUT2D eigenvalue weighted by Crippen LogP contribution is 2.32. The molecule has 96 valence electrons. The first-order valence-electron chi connectivity index (χ1n) is 6.95. The van der Waals surface area contributed by atoms with Gasteiger partial charge in [0, 0.05) is 5.41 Å². The van der Waals surface area contributed by atoms with Crippen molar-refractivity contribution in [2.75, 3.05) is 19.8 Å². The third kappa shape index (κ3) is 4.06. The molecular weight excluding hydrogens is 200 g/mol. The summed E-state index contributed by atoms with van der Waals surface area (Å²) in [4.78, 5) is 0. The minimum absolute atomic E-state index is 0.345. The highest BCUT2D eigenvalue weighted by molar-refractivity contribution is 4.84. The predicted molar refractivity (Wildman–Crippen MR) is 67.7 cm³/mol. The van der Waals surface area contributed by atoms with Crippen molar-refractivity contribution in [3.05, 3.63) is 0 Å². The quantitative estimate of drug-likeness (QED) is 0.559. The van der Waals surface area contributed by atoms with Gasteiger partial charge in [-0.15, -0.1) is 0 Å². The summed E-state index contributed by atoms with van der Waals surface area (Å²) in [6.45, 7) is 9.41. The molecule has 1 aliphatic heterocycles. The first-order chi connectivity index (χ1) is 7.76. The zero-order valence-corrected chi connectivity index (χ0v) is 11.3. The Morgan fingerprint density at radius 2 is 1.94 bits per heavy atom. The number of unbranched alkanes of at least 4 members (excludes halogenated alkanes) is 2. The molecule has 1 unspecified atom stereocenters. The van der Waals surface area contributed by atoms with Crippen molar-refractivity contribution in [1.82, 2.24) is 0 Å². The first-order valence-corrected chi connectivity index (χ1v) is 6.95. The van der Waals surface area contributed by atoms with Gasteiger partial charge in [0.2, 0.25) is 0 Å². The summed E-state index contributed by atoms with van der Waals surface area (Å²) in [6.07, 6.45) is 7.96. The van der Waals surface area contributed by atoms with Crippen molar-refractivity contribution >= 4 is 0 Å². The second-order valence-corrected chi connectivity index (χ2v) is 5.18. The Morgan fingerprint density at radius 3 is 2.38 bits per heavy atom. The van der Waals surface area contributed by atoms with Crippen LogP contribution in [0.25, 0.3) is 0 Å². The lowest BCUT2D eigenvalue weighted by atomic mass is 9.84. The van der Waals surface area contributed by atoms with Crippen molar-refractivity contribution in [3.63, 3.8) is 0 Å². The van der Waals surface area contributed by atoms with Crippen LogP contribution in [-0.4, -0.2) is 25.9 Å². The summed E-state index contributed by atoms with van der Waals surface area (Å²) in [5, 5.41) is 0. The molecule has 2 heteroatoms. The molecule has 1 rings (SSSR count). The third-order valence-electron chi connectivity index (χ3n) is 3.78. The van der Waals surface area contributed by atoms with Gasteiger partial charge in [-0.2, -0.15) is 0 Å². The van der Waals surface area contributed by atoms with E-state index in [0.29, 0.717) is 11.5 Å². The average molecular weight is 228 g/mol. The van der Waals surface area contributed by atoms with Crippen LogP contribution in [-0.2, 0) is 9.47 Å². The number of rotatable bonds is 9. The largest absolute Gasteiger partial charge is 0.380 e. The van der Waals surface area contributed by atoms with E-state index >= 15 is 0 Å². The molecule has 0 amide bonds. The van der Waals surface area contributed by atoms with Crippen LogP contribution in [0.2, 0.25) is 0 Å². The average Bonchev–Trinajstić information content (AvgIpc) is 2.26. The van der Waals surface area contributed by atoms with Crippen molar-refractivity contribution in [3.8, 4) is 0 Å². The van der Waals surface area contributed by atoms with Gasteiger partial charge in [0.25, 0.3) is 0 Å². The molecule has 1 saturated heterocycles. The van der Waals surface area contributed by atoms with Crippen LogP contribution in [0.15, 0.2) is 0 Å². The maximum atomic E-state index is 6.06. The van der Waals surface area contributed by atoms with Gasteiger partial charge in [-0.1, -0.05) is 40.0 Å². The molecule has 1 fully saturated rings. The van der Waals surface area contributed by atoms with Gasteiger partial charge in [-0.05, 0) is 19.3 Å². The van der Waals surface area contributed by atoms with E-state index in [1.54, 1.807) is 0 Å². The standard InChI is InChI=1S/C14H28O2/c1-4-7-8-9-13(5-2)16-12-14(6-3)10-15-11-14/h13H,4-12H2,1-3H3. The zero-order valence-electron chi connectivity index (χ0n) is 11.3. The monoisotopic (exact) mass is 228 g/mol. The van der Waals surface area contributed by atoms with Crippen molar-refractivity contribution < 1.29 is 9.47 Å². The van der Waals surface area contributed by atoms with Crippen LogP contribution in [0.5, 0.6) is 0 Å². The molecule has 0 aliphatic carbocycles. The van der Waals surface area contributed by atoms with Crippen LogP contribution < -0.4 is 0 Å². The van der Waals surface area contributed by atoms with Crippen molar-refractivity contribution in [2.45, 2.75) is 65.4 Å². The lowest BCUT2D eigenvalue weighted by Crippen LogP contribution is -2.46. The van der Waals surface area contributed by atoms with Crippen LogP contribution in [0.1, 0.15) is 59.3 Å². The number of hydrogen-bond donors (Lipinski definition) is 0. The minimum Gasteiger partial charge on any atom is -0.380 e. The summed E-state index contributed by atoms with van der Waals surface area (Å²) in [5.41, 5.74) is 0.345. The van der Waals surface area contributed by atoms with Gasteiger partial charge in [-0.25, -0.2) is 0 Å². The number of hydrogen-bond acceptors (Lipinski definition) is 2. The van der Waals surface area contributed by atoms with E-state index < -0.39 is 0 Å². The Hall–Kier alpha value is -0.0800. The summed E-state index contributed by atoms with van der Waals surface area (Å²) in [5.74, 6) is 0. The highest BCUT2D eigenvalue weighted by atomic mass is 16.5. The molecule has 2 nitrogen and oxygen atoms in total. The smallest absolute Gasteiger partial charge is 0.0572 e. The van der Waals surface area contributed by atoms with Gasteiger partial charge >= 0.3 is 0 Å². The van der Waals surface area contributed by atoms with Gasteiger partial charge in [-0.3, -0.25) is 0 Å². The maximum Gasteiger partial charge on any atom is 0.0572 e. The van der Waals surface area contributed by atoms with E-state index in [0.717, 1.165) is 26.2 Å². The lowest BCUT2D eigenvalue weighted by molar-refractivity contribution is -0.161. The Morgan fingerprint density at radius 1 is 1.19 bits per heavy atom. The van der Waals surface area contributed by atoms with Gasteiger partial charge in [0.05, 0.1) is 25.9 Å². The van der Waals surface area contributed by atoms with Gasteiger partial charge in [0.15, 0.2) is 0 Å². The van der Waals surface area contributed by atoms with Crippen LogP contribution in [0.3, 0.4) is 0 Å². The Labute approximate surface area is 101 Å². The van der Waals surface area contributed by atoms with E-state index in [2.05, 4.69) is 20.8 Å². The maximum absolute atomic E-state index is 6.06. The highest BCUT2D eigenvalue weighted by Gasteiger charge is 2.37. The number of ether oxygens (including phenoxy) is 2. The molecule has 0 aromatic rings. The van der Waals surface area contributed by atoms with Crippen LogP contribution in [0, 0.1) is 5.41 Å². The molecule has 1 atom stereocenters. The molecule has 16 heavy (non-hydrogen) atoms. The minimum atomic E-state index is 0.345. The molecule has 0 aromatic carbocycles. The van der Waals surface area contributed by atoms with Gasteiger partial charge < -0.3 is 9.47 Å². The van der Waals surface area contributed by atoms with E-state index in [1.165, 1.54) is 32.1 Å². The SMILES string of the molecule is CCCCCC(CC)OCC1(CC)COC1. The molecule has 0 saturated carbocycles. The molecule has 0 aromatic heterocycles. The summed E-state index contributed by atoms with van der Waals surface area (Å²) in [7, 11) is 0. The molecule has 1 aliphatic rings. The van der Waals surface area contributed by atoms with E-state index in [1.807, 2.05) is 0 Å². The van der Waals surface area contributed by atoms with Crippen molar-refractivity contribution in [1.29, 1.82) is 0 Å². The first kappa shape index (κ1) is 14.0. The Balaban J connectivity index is 2.17. The second-order valence-electron chi connectivity index (χ2n) is 5.18. The fourth-order valence-corrected chi connectivity index (χ4v) is 2.10. The summed E-state index contributed by atoms with van der Waals surface area (Å²) < 4.78 is 11.4. The Bertz CT molecular complexity index is 170. The molecule has 0 bridgehead atoms. The summed E-state index contributed by atoms with van der Waals surface area (Å²) >= 11 is 0. The molecule has 0 radical (unpaired) electrons. The van der Waals surface area contributed by atoms with E-state index in [9.17, 15) is 0 Å². The normalized spacial score (nSPS) is 20.4. The lowest BCUT2D eigenvalue weighted by Gasteiger charge is -2.41. The van der Waals surface area contributed by atoms with Crippen LogP contribution >= 0.6 is 0 Å². The second kappa shape index (κ2) is 7.29. The molecule has 0 spiro atoms. The van der Waals surface area contributed by atoms with Gasteiger partial charge in [0.1, 0.15) is 0 Å². The van der Waals surface area contributed by atoms with Crippen molar-refractivity contribution in [2.24, 2.45) is 5.41 Å². The Kier molecular flexibility index (Phi) is 6.37. The fourth-order valence-electron chi connectivity index (χ4n) is 2.10. The molecule has 0 N–H and O–H groups in total. The zero-order chi connectivity index (χ0) is 11.9.